The Hall–Kier alpha value is -0.950. The average Bonchev–Trinajstić information content (AvgIpc) is 2.51. The second-order valence-corrected chi connectivity index (χ2v) is 6.43. The lowest BCUT2D eigenvalue weighted by Crippen LogP contribution is -2.14. The maximum Gasteiger partial charge on any atom is 0.355 e. The van der Waals surface area contributed by atoms with Gasteiger partial charge in [-0.15, -0.1) is 11.3 Å². The van der Waals surface area contributed by atoms with E-state index in [9.17, 15) is 13.2 Å². The molecule has 0 spiro atoms. The number of hydrogen-bond acceptors (Lipinski definition) is 5. The summed E-state index contributed by atoms with van der Waals surface area (Å²) in [6, 6.07) is 0. The van der Waals surface area contributed by atoms with Gasteiger partial charge in [-0.05, 0) is 13.8 Å². The summed E-state index contributed by atoms with van der Waals surface area (Å²) >= 11 is 0.833. The molecule has 0 aliphatic carbocycles. The molecule has 78 valence electrons. The number of nitrogens with zero attached hydrogens (tertiary/aromatic N) is 1. The summed E-state index contributed by atoms with van der Waals surface area (Å²) in [6.07, 6.45) is 0. The van der Waals surface area contributed by atoms with Gasteiger partial charge in [0.1, 0.15) is 0 Å². The third-order valence-corrected chi connectivity index (χ3v) is 5.01. The highest BCUT2D eigenvalue weighted by Crippen LogP contribution is 2.20. The van der Waals surface area contributed by atoms with E-state index < -0.39 is 21.1 Å². The molecular formula is C7H9NO4S2. The topological polar surface area (TPSA) is 84.3 Å². The van der Waals surface area contributed by atoms with Crippen LogP contribution in [0.15, 0.2) is 9.72 Å². The first-order chi connectivity index (χ1) is 6.35. The normalized spacial score (nSPS) is 11.9. The Morgan fingerprint density at radius 1 is 1.57 bits per heavy atom. The van der Waals surface area contributed by atoms with Gasteiger partial charge in [0.15, 0.2) is 5.69 Å². The van der Waals surface area contributed by atoms with E-state index in [0.717, 1.165) is 11.3 Å². The zero-order valence-electron chi connectivity index (χ0n) is 7.59. The van der Waals surface area contributed by atoms with Crippen LogP contribution in [-0.2, 0) is 9.84 Å². The van der Waals surface area contributed by atoms with E-state index in [1.807, 2.05) is 0 Å². The lowest BCUT2D eigenvalue weighted by Gasteiger charge is -2.02. The van der Waals surface area contributed by atoms with Crippen molar-refractivity contribution in [1.82, 2.24) is 4.98 Å². The van der Waals surface area contributed by atoms with Crippen molar-refractivity contribution in [3.8, 4) is 0 Å². The number of carboxylic acids is 1. The third-order valence-electron chi connectivity index (χ3n) is 1.57. The predicted octanol–water partition coefficient (Wildman–Crippen LogP) is 1.02. The quantitative estimate of drug-likeness (QED) is 0.845. The molecule has 0 aliphatic heterocycles. The summed E-state index contributed by atoms with van der Waals surface area (Å²) in [7, 11) is -3.45. The van der Waals surface area contributed by atoms with Crippen LogP contribution in [0.5, 0.6) is 0 Å². The number of aromatic nitrogens is 1. The summed E-state index contributed by atoms with van der Waals surface area (Å²) < 4.78 is 22.9. The molecule has 0 fully saturated rings. The van der Waals surface area contributed by atoms with Crippen LogP contribution in [0.1, 0.15) is 24.3 Å². The van der Waals surface area contributed by atoms with Gasteiger partial charge < -0.3 is 5.11 Å². The van der Waals surface area contributed by atoms with Crippen molar-refractivity contribution in [3.05, 3.63) is 11.1 Å². The highest BCUT2D eigenvalue weighted by atomic mass is 32.2. The molecule has 1 rings (SSSR count). The van der Waals surface area contributed by atoms with Crippen LogP contribution < -0.4 is 0 Å². The highest BCUT2D eigenvalue weighted by molar-refractivity contribution is 7.93. The Balaban J connectivity index is 3.16. The van der Waals surface area contributed by atoms with E-state index in [0.29, 0.717) is 0 Å². The van der Waals surface area contributed by atoms with Crippen LogP contribution in [0.3, 0.4) is 0 Å². The molecule has 7 heteroatoms. The molecule has 0 saturated carbocycles. The molecule has 1 aromatic heterocycles. The van der Waals surface area contributed by atoms with Gasteiger partial charge in [-0.1, -0.05) is 0 Å². The van der Waals surface area contributed by atoms with Crippen molar-refractivity contribution in [2.24, 2.45) is 0 Å². The van der Waals surface area contributed by atoms with Crippen LogP contribution in [0.25, 0.3) is 0 Å². The van der Waals surface area contributed by atoms with Gasteiger partial charge >= 0.3 is 5.97 Å². The maximum atomic E-state index is 11.5. The van der Waals surface area contributed by atoms with Gasteiger partial charge in [0, 0.05) is 5.38 Å². The molecule has 1 N–H and O–H groups in total. The first kappa shape index (κ1) is 11.1. The fraction of sp³-hybridized carbons (Fsp3) is 0.429. The van der Waals surface area contributed by atoms with E-state index >= 15 is 0 Å². The zero-order chi connectivity index (χ0) is 10.9. The van der Waals surface area contributed by atoms with Crippen LogP contribution >= 0.6 is 11.3 Å². The Bertz CT molecular complexity index is 446. The molecule has 0 saturated heterocycles. The standard InChI is InChI=1S/C7H9NO4S2/c1-4(2)14(11,12)7-8-5(3-13-7)6(9)10/h3-4H,1-2H3,(H,9,10). The Morgan fingerprint density at radius 2 is 2.14 bits per heavy atom. The SMILES string of the molecule is CC(C)S(=O)(=O)c1nc(C(=O)O)cs1. The molecule has 0 radical (unpaired) electrons. The van der Waals surface area contributed by atoms with Gasteiger partial charge in [-0.2, -0.15) is 0 Å². The number of carboxylic acid groups (broad SMARTS) is 1. The first-order valence-corrected chi connectivity index (χ1v) is 6.21. The number of thiazole rings is 1. The summed E-state index contributed by atoms with van der Waals surface area (Å²) in [4.78, 5) is 14.0. The first-order valence-electron chi connectivity index (χ1n) is 3.78. The minimum Gasteiger partial charge on any atom is -0.476 e. The summed E-state index contributed by atoms with van der Waals surface area (Å²) in [5.74, 6) is -1.22. The molecule has 0 amide bonds. The molecule has 0 atom stereocenters. The zero-order valence-corrected chi connectivity index (χ0v) is 9.22. The maximum absolute atomic E-state index is 11.5. The van der Waals surface area contributed by atoms with Gasteiger partial charge in [-0.3, -0.25) is 0 Å². The fourth-order valence-corrected chi connectivity index (χ4v) is 3.09. The van der Waals surface area contributed by atoms with Crippen LogP contribution in [-0.4, -0.2) is 29.7 Å². The van der Waals surface area contributed by atoms with Crippen LogP contribution in [0.2, 0.25) is 0 Å². The van der Waals surface area contributed by atoms with Crippen LogP contribution in [0.4, 0.5) is 0 Å². The van der Waals surface area contributed by atoms with Crippen molar-refractivity contribution in [2.75, 3.05) is 0 Å². The molecule has 0 bridgehead atoms. The molecular weight excluding hydrogens is 226 g/mol. The van der Waals surface area contributed by atoms with Crippen molar-refractivity contribution < 1.29 is 18.3 Å². The third kappa shape index (κ3) is 1.93. The Kier molecular flexibility index (Phi) is 2.91. The lowest BCUT2D eigenvalue weighted by atomic mass is 10.5. The summed E-state index contributed by atoms with van der Waals surface area (Å²) in [5.41, 5.74) is -0.228. The second kappa shape index (κ2) is 3.66. The molecule has 0 aliphatic rings. The number of rotatable bonds is 3. The molecule has 1 aromatic rings. The number of aromatic carboxylic acids is 1. The molecule has 0 aromatic carbocycles. The molecule has 0 unspecified atom stereocenters. The van der Waals surface area contributed by atoms with E-state index in [1.54, 1.807) is 0 Å². The van der Waals surface area contributed by atoms with Crippen LogP contribution in [0, 0.1) is 0 Å². The van der Waals surface area contributed by atoms with E-state index in [2.05, 4.69) is 4.98 Å². The van der Waals surface area contributed by atoms with Gasteiger partial charge in [-0.25, -0.2) is 18.2 Å². The van der Waals surface area contributed by atoms with Crippen molar-refractivity contribution in [2.45, 2.75) is 23.4 Å². The largest absolute Gasteiger partial charge is 0.476 e. The highest BCUT2D eigenvalue weighted by Gasteiger charge is 2.24. The van der Waals surface area contributed by atoms with Crippen molar-refractivity contribution in [1.29, 1.82) is 0 Å². The predicted molar refractivity (Wildman–Crippen MR) is 51.4 cm³/mol. The number of carbonyl (C=O) groups is 1. The van der Waals surface area contributed by atoms with Gasteiger partial charge in [0.25, 0.3) is 0 Å². The van der Waals surface area contributed by atoms with Gasteiger partial charge in [0.2, 0.25) is 14.2 Å². The number of hydrogen-bond donors (Lipinski definition) is 1. The number of sulfone groups is 1. The average molecular weight is 235 g/mol. The molecule has 14 heavy (non-hydrogen) atoms. The van der Waals surface area contributed by atoms with Gasteiger partial charge in [0.05, 0.1) is 5.25 Å². The van der Waals surface area contributed by atoms with Crippen molar-refractivity contribution in [3.63, 3.8) is 0 Å². The smallest absolute Gasteiger partial charge is 0.355 e. The minimum atomic E-state index is -3.45. The monoisotopic (exact) mass is 235 g/mol. The Labute approximate surface area is 85.3 Å². The minimum absolute atomic E-state index is 0.134. The van der Waals surface area contributed by atoms with Crippen molar-refractivity contribution >= 4 is 27.1 Å². The second-order valence-electron chi connectivity index (χ2n) is 2.90. The summed E-state index contributed by atoms with van der Waals surface area (Å²) in [5, 5.41) is 9.18. The van der Waals surface area contributed by atoms with E-state index in [1.165, 1.54) is 19.2 Å². The van der Waals surface area contributed by atoms with E-state index in [-0.39, 0.29) is 10.0 Å². The fourth-order valence-electron chi connectivity index (χ4n) is 0.688. The molecule has 1 heterocycles. The Morgan fingerprint density at radius 3 is 2.50 bits per heavy atom. The van der Waals surface area contributed by atoms with E-state index in [4.69, 9.17) is 5.11 Å². The summed E-state index contributed by atoms with van der Waals surface area (Å²) in [6.45, 7) is 3.05. The lowest BCUT2D eigenvalue weighted by molar-refractivity contribution is 0.0691. The molecule has 5 nitrogen and oxygen atoms in total.